The van der Waals surface area contributed by atoms with Crippen LogP contribution < -0.4 is 4.74 Å². The van der Waals surface area contributed by atoms with Gasteiger partial charge in [0.1, 0.15) is 0 Å². The predicted octanol–water partition coefficient (Wildman–Crippen LogP) is 2.41. The van der Waals surface area contributed by atoms with Gasteiger partial charge in [-0.2, -0.15) is 0 Å². The van der Waals surface area contributed by atoms with Crippen LogP contribution >= 0.6 is 0 Å². The maximum Gasteiger partial charge on any atom is 0.231 e. The molecule has 3 aromatic rings. The molecule has 0 unspecified atom stereocenters. The molecule has 1 saturated heterocycles. The summed E-state index contributed by atoms with van der Waals surface area (Å²) in [6.45, 7) is 6.37. The first-order chi connectivity index (χ1) is 12.8. The fourth-order valence-corrected chi connectivity index (χ4v) is 3.28. The van der Waals surface area contributed by atoms with E-state index in [1.807, 2.05) is 41.0 Å². The number of rotatable bonds is 6. The minimum Gasteiger partial charge on any atom is -0.477 e. The fraction of sp³-hybridized carbons (Fsp3) is 0.400. The number of imidazole rings is 1. The molecule has 0 bridgehead atoms. The lowest BCUT2D eigenvalue weighted by atomic mass is 10.2. The van der Waals surface area contributed by atoms with Gasteiger partial charge in [-0.1, -0.05) is 30.3 Å². The van der Waals surface area contributed by atoms with Crippen molar-refractivity contribution in [2.24, 2.45) is 0 Å². The molecule has 2 aromatic heterocycles. The van der Waals surface area contributed by atoms with E-state index in [-0.39, 0.29) is 0 Å². The van der Waals surface area contributed by atoms with Crippen LogP contribution in [0.3, 0.4) is 0 Å². The van der Waals surface area contributed by atoms with Gasteiger partial charge in [-0.05, 0) is 19.5 Å². The molecule has 26 heavy (non-hydrogen) atoms. The summed E-state index contributed by atoms with van der Waals surface area (Å²) in [6, 6.07) is 14.0. The zero-order chi connectivity index (χ0) is 17.8. The standard InChI is InChI=1S/C20H25N5O/c1-23-11-13-24(14-12-23)10-5-15-26-20-9-8-19-21-16-18(25(19)22-20)17-6-3-2-4-7-17/h2-4,6-9,16H,5,10-15H2,1H3. The predicted molar refractivity (Wildman–Crippen MR) is 102 cm³/mol. The van der Waals surface area contributed by atoms with Crippen LogP contribution in [0, 0.1) is 0 Å². The molecule has 1 aromatic carbocycles. The summed E-state index contributed by atoms with van der Waals surface area (Å²) in [4.78, 5) is 9.31. The van der Waals surface area contributed by atoms with Crippen molar-refractivity contribution in [2.45, 2.75) is 6.42 Å². The average molecular weight is 351 g/mol. The van der Waals surface area contributed by atoms with Gasteiger partial charge >= 0.3 is 0 Å². The molecule has 0 saturated carbocycles. The number of nitrogens with zero attached hydrogens (tertiary/aromatic N) is 5. The Balaban J connectivity index is 1.37. The van der Waals surface area contributed by atoms with E-state index in [4.69, 9.17) is 4.74 Å². The van der Waals surface area contributed by atoms with Crippen LogP contribution in [-0.4, -0.2) is 70.8 Å². The molecule has 0 aliphatic carbocycles. The Hall–Kier alpha value is -2.44. The van der Waals surface area contributed by atoms with Crippen LogP contribution in [0.25, 0.3) is 16.9 Å². The maximum absolute atomic E-state index is 5.89. The van der Waals surface area contributed by atoms with Gasteiger partial charge in [0.05, 0.1) is 18.5 Å². The van der Waals surface area contributed by atoms with E-state index in [0.29, 0.717) is 12.5 Å². The first-order valence-corrected chi connectivity index (χ1v) is 9.23. The Morgan fingerprint density at radius 2 is 1.81 bits per heavy atom. The van der Waals surface area contributed by atoms with Crippen LogP contribution in [0.15, 0.2) is 48.7 Å². The number of fused-ring (bicyclic) bond motifs is 1. The lowest BCUT2D eigenvalue weighted by molar-refractivity contribution is 0.145. The SMILES string of the molecule is CN1CCN(CCCOc2ccc3ncc(-c4ccccc4)n3n2)CC1. The Labute approximate surface area is 154 Å². The number of hydrogen-bond acceptors (Lipinski definition) is 5. The molecule has 6 nitrogen and oxygen atoms in total. The zero-order valence-electron chi connectivity index (χ0n) is 15.2. The fourth-order valence-electron chi connectivity index (χ4n) is 3.28. The van der Waals surface area contributed by atoms with E-state index >= 15 is 0 Å². The number of aromatic nitrogens is 3. The van der Waals surface area contributed by atoms with Gasteiger partial charge in [0.15, 0.2) is 5.65 Å². The molecule has 1 aliphatic rings. The molecule has 4 rings (SSSR count). The molecule has 1 fully saturated rings. The third kappa shape index (κ3) is 3.86. The van der Waals surface area contributed by atoms with E-state index in [9.17, 15) is 0 Å². The molecule has 0 radical (unpaired) electrons. The van der Waals surface area contributed by atoms with Crippen molar-refractivity contribution < 1.29 is 4.74 Å². The van der Waals surface area contributed by atoms with Crippen molar-refractivity contribution >= 4 is 5.65 Å². The Kier molecular flexibility index (Phi) is 5.13. The molecular formula is C20H25N5O. The highest BCUT2D eigenvalue weighted by molar-refractivity contribution is 5.62. The Bertz CT molecular complexity index is 840. The molecule has 0 spiro atoms. The van der Waals surface area contributed by atoms with E-state index in [1.165, 1.54) is 0 Å². The molecule has 0 atom stereocenters. The molecule has 3 heterocycles. The average Bonchev–Trinajstić information content (AvgIpc) is 3.10. The van der Waals surface area contributed by atoms with Crippen LogP contribution in [0.1, 0.15) is 6.42 Å². The second-order valence-corrected chi connectivity index (χ2v) is 6.80. The van der Waals surface area contributed by atoms with Crippen molar-refractivity contribution in [3.8, 4) is 17.1 Å². The maximum atomic E-state index is 5.89. The first kappa shape index (κ1) is 17.0. The topological polar surface area (TPSA) is 45.9 Å². The summed E-state index contributed by atoms with van der Waals surface area (Å²) in [5.41, 5.74) is 2.90. The van der Waals surface area contributed by atoms with Crippen LogP contribution in [-0.2, 0) is 0 Å². The summed E-state index contributed by atoms with van der Waals surface area (Å²) >= 11 is 0. The highest BCUT2D eigenvalue weighted by atomic mass is 16.5. The van der Waals surface area contributed by atoms with Crippen LogP contribution in [0.2, 0.25) is 0 Å². The highest BCUT2D eigenvalue weighted by Crippen LogP contribution is 2.20. The van der Waals surface area contributed by atoms with Crippen molar-refractivity contribution in [1.29, 1.82) is 0 Å². The molecule has 1 aliphatic heterocycles. The number of benzene rings is 1. The highest BCUT2D eigenvalue weighted by Gasteiger charge is 2.13. The van der Waals surface area contributed by atoms with Gasteiger partial charge in [0.25, 0.3) is 0 Å². The lowest BCUT2D eigenvalue weighted by Gasteiger charge is -2.32. The van der Waals surface area contributed by atoms with E-state index in [0.717, 1.165) is 56.0 Å². The van der Waals surface area contributed by atoms with Gasteiger partial charge < -0.3 is 14.5 Å². The van der Waals surface area contributed by atoms with Gasteiger partial charge in [0, 0.05) is 44.4 Å². The molecule has 0 amide bonds. The number of ether oxygens (including phenoxy) is 1. The molecule has 6 heteroatoms. The summed E-state index contributed by atoms with van der Waals surface area (Å²) in [7, 11) is 2.18. The van der Waals surface area contributed by atoms with E-state index in [1.54, 1.807) is 0 Å². The smallest absolute Gasteiger partial charge is 0.231 e. The van der Waals surface area contributed by atoms with Crippen LogP contribution in [0.5, 0.6) is 5.88 Å². The number of likely N-dealkylation sites (N-methyl/N-ethyl adjacent to an activating group) is 1. The first-order valence-electron chi connectivity index (χ1n) is 9.23. The monoisotopic (exact) mass is 351 g/mol. The van der Waals surface area contributed by atoms with Gasteiger partial charge in [-0.15, -0.1) is 5.10 Å². The largest absolute Gasteiger partial charge is 0.477 e. The van der Waals surface area contributed by atoms with Crippen molar-refractivity contribution in [3.63, 3.8) is 0 Å². The quantitative estimate of drug-likeness (QED) is 0.638. The van der Waals surface area contributed by atoms with Gasteiger partial charge in [0.2, 0.25) is 5.88 Å². The minimum absolute atomic E-state index is 0.644. The third-order valence-electron chi connectivity index (χ3n) is 4.87. The molecule has 136 valence electrons. The third-order valence-corrected chi connectivity index (χ3v) is 4.87. The minimum atomic E-state index is 0.644. The number of piperazine rings is 1. The summed E-state index contributed by atoms with van der Waals surface area (Å²) in [5, 5.41) is 4.62. The second kappa shape index (κ2) is 7.85. The summed E-state index contributed by atoms with van der Waals surface area (Å²) < 4.78 is 7.74. The second-order valence-electron chi connectivity index (χ2n) is 6.80. The van der Waals surface area contributed by atoms with Crippen molar-refractivity contribution in [2.75, 3.05) is 46.4 Å². The van der Waals surface area contributed by atoms with Crippen molar-refractivity contribution in [3.05, 3.63) is 48.7 Å². The lowest BCUT2D eigenvalue weighted by Crippen LogP contribution is -2.44. The van der Waals surface area contributed by atoms with E-state index in [2.05, 4.69) is 39.1 Å². The number of hydrogen-bond donors (Lipinski definition) is 0. The normalized spacial score (nSPS) is 16.2. The van der Waals surface area contributed by atoms with Crippen LogP contribution in [0.4, 0.5) is 0 Å². The van der Waals surface area contributed by atoms with Gasteiger partial charge in [-0.25, -0.2) is 9.50 Å². The molecule has 0 N–H and O–H groups in total. The van der Waals surface area contributed by atoms with Crippen molar-refractivity contribution in [1.82, 2.24) is 24.4 Å². The Morgan fingerprint density at radius 3 is 2.62 bits per heavy atom. The zero-order valence-corrected chi connectivity index (χ0v) is 15.2. The van der Waals surface area contributed by atoms with Gasteiger partial charge in [-0.3, -0.25) is 0 Å². The molecular weight excluding hydrogens is 326 g/mol. The Morgan fingerprint density at radius 1 is 1.00 bits per heavy atom. The summed E-state index contributed by atoms with van der Waals surface area (Å²) in [6.07, 6.45) is 2.87. The summed E-state index contributed by atoms with van der Waals surface area (Å²) in [5.74, 6) is 0.644. The van der Waals surface area contributed by atoms with E-state index < -0.39 is 0 Å².